The molecule has 0 aromatic heterocycles. The van der Waals surface area contributed by atoms with E-state index < -0.39 is 9.84 Å². The molecule has 9 nitrogen and oxygen atoms in total. The third-order valence-corrected chi connectivity index (χ3v) is 6.01. The average Bonchev–Trinajstić information content (AvgIpc) is 2.81. The Morgan fingerprint density at radius 1 is 1.25 bits per heavy atom. The van der Waals surface area contributed by atoms with Crippen LogP contribution in [-0.4, -0.2) is 57.6 Å². The van der Waals surface area contributed by atoms with Crippen molar-refractivity contribution in [3.8, 4) is 11.5 Å². The van der Waals surface area contributed by atoms with Crippen LogP contribution in [0.1, 0.15) is 19.3 Å². The van der Waals surface area contributed by atoms with Crippen LogP contribution in [0.5, 0.6) is 11.5 Å². The number of fused-ring (bicyclic) bond motifs is 1. The Labute approximate surface area is 181 Å². The Hall–Kier alpha value is -1.76. The number of guanidine groups is 1. The van der Waals surface area contributed by atoms with Crippen molar-refractivity contribution in [1.82, 2.24) is 5.32 Å². The van der Waals surface area contributed by atoms with E-state index in [9.17, 15) is 13.2 Å². The molecule has 156 valence electrons. The molecule has 1 aromatic carbocycles. The largest absolute Gasteiger partial charge is 0.490 e. The van der Waals surface area contributed by atoms with Gasteiger partial charge in [0.1, 0.15) is 0 Å². The fraction of sp³-hybridized carbons (Fsp3) is 0.529. The summed E-state index contributed by atoms with van der Waals surface area (Å²) in [5.41, 5.74) is 6.56. The van der Waals surface area contributed by atoms with Gasteiger partial charge in [-0.2, -0.15) is 0 Å². The van der Waals surface area contributed by atoms with Gasteiger partial charge in [-0.15, -0.1) is 24.0 Å². The van der Waals surface area contributed by atoms with Crippen LogP contribution in [0.25, 0.3) is 0 Å². The quantitative estimate of drug-likeness (QED) is 0.296. The summed E-state index contributed by atoms with van der Waals surface area (Å²) in [6.45, 7) is 1.42. The summed E-state index contributed by atoms with van der Waals surface area (Å²) in [6.07, 6.45) is 1.43. The topological polar surface area (TPSA) is 132 Å². The second-order valence-electron chi connectivity index (χ2n) is 6.52. The normalized spacial score (nSPS) is 20.6. The molecular formula is C17H25IN4O5S. The van der Waals surface area contributed by atoms with Gasteiger partial charge < -0.3 is 25.8 Å². The van der Waals surface area contributed by atoms with Gasteiger partial charge in [-0.1, -0.05) is 0 Å². The number of nitrogens with zero attached hydrogens (tertiary/aromatic N) is 1. The molecule has 2 aliphatic rings. The number of carbonyl (C=O) groups is 1. The number of benzene rings is 1. The maximum atomic E-state index is 11.9. The summed E-state index contributed by atoms with van der Waals surface area (Å²) in [7, 11) is -3.01. The van der Waals surface area contributed by atoms with E-state index in [0.29, 0.717) is 36.8 Å². The van der Waals surface area contributed by atoms with Crippen molar-refractivity contribution in [1.29, 1.82) is 0 Å². The molecule has 0 radical (unpaired) electrons. The molecule has 1 aromatic rings. The number of nitrogens with one attached hydrogen (secondary N) is 2. The third kappa shape index (κ3) is 6.69. The summed E-state index contributed by atoms with van der Waals surface area (Å²) in [4.78, 5) is 16.0. The molecule has 3 rings (SSSR count). The van der Waals surface area contributed by atoms with Gasteiger partial charge >= 0.3 is 0 Å². The zero-order valence-electron chi connectivity index (χ0n) is 15.3. The standard InChI is InChI=1S/C17H24N4O5S.HI/c18-17(19-6-4-16(22)20-13-5-9-27(23,24)11-13)21-12-2-3-14-15(10-12)26-8-1-7-25-14;/h2-3,10,13H,1,4-9,11H2,(H,20,22)(H3,18,19,21);1H. The maximum Gasteiger partial charge on any atom is 0.222 e. The van der Waals surface area contributed by atoms with Crippen molar-refractivity contribution < 1.29 is 22.7 Å². The SMILES string of the molecule is I.NC(=NCCC(=O)NC1CCS(=O)(=O)C1)Nc1ccc2c(c1)OCCCO2. The van der Waals surface area contributed by atoms with Crippen molar-refractivity contribution >= 4 is 51.4 Å². The van der Waals surface area contributed by atoms with Crippen LogP contribution < -0.4 is 25.8 Å². The lowest BCUT2D eigenvalue weighted by Crippen LogP contribution is -2.36. The second kappa shape index (κ2) is 10.1. The summed E-state index contributed by atoms with van der Waals surface area (Å²) in [5, 5.41) is 5.67. The second-order valence-corrected chi connectivity index (χ2v) is 8.75. The van der Waals surface area contributed by atoms with Crippen molar-refractivity contribution in [3.05, 3.63) is 18.2 Å². The first-order valence-corrected chi connectivity index (χ1v) is 10.7. The van der Waals surface area contributed by atoms with Crippen LogP contribution in [0.15, 0.2) is 23.2 Å². The molecule has 28 heavy (non-hydrogen) atoms. The summed E-state index contributed by atoms with van der Waals surface area (Å²) >= 11 is 0. The van der Waals surface area contributed by atoms with Gasteiger partial charge in [0.2, 0.25) is 5.91 Å². The average molecular weight is 524 g/mol. The first kappa shape index (κ1) is 22.5. The maximum absolute atomic E-state index is 11.9. The Kier molecular flexibility index (Phi) is 8.16. The highest BCUT2D eigenvalue weighted by atomic mass is 127. The molecule has 1 fully saturated rings. The number of nitrogens with two attached hydrogens (primary N) is 1. The Morgan fingerprint density at radius 2 is 2.00 bits per heavy atom. The van der Waals surface area contributed by atoms with Crippen LogP contribution in [0, 0.1) is 0 Å². The molecule has 0 spiro atoms. The number of rotatable bonds is 5. The molecule has 0 saturated carbocycles. The van der Waals surface area contributed by atoms with Gasteiger partial charge in [-0.25, -0.2) is 8.42 Å². The number of aliphatic imine (C=N–C) groups is 1. The van der Waals surface area contributed by atoms with Gasteiger partial charge in [0, 0.05) is 30.6 Å². The number of halogens is 1. The minimum Gasteiger partial charge on any atom is -0.490 e. The molecule has 2 aliphatic heterocycles. The van der Waals surface area contributed by atoms with Crippen molar-refractivity contribution in [3.63, 3.8) is 0 Å². The van der Waals surface area contributed by atoms with Crippen molar-refractivity contribution in [2.75, 3.05) is 36.6 Å². The van der Waals surface area contributed by atoms with Crippen LogP contribution >= 0.6 is 24.0 Å². The molecule has 1 atom stereocenters. The number of anilines is 1. The van der Waals surface area contributed by atoms with E-state index in [1.807, 2.05) is 6.07 Å². The lowest BCUT2D eigenvalue weighted by molar-refractivity contribution is -0.121. The van der Waals surface area contributed by atoms with Crippen LogP contribution in [0.4, 0.5) is 5.69 Å². The monoisotopic (exact) mass is 524 g/mol. The lowest BCUT2D eigenvalue weighted by atomic mass is 10.2. The molecule has 0 aliphatic carbocycles. The first-order valence-electron chi connectivity index (χ1n) is 8.88. The Bertz CT molecular complexity index is 831. The summed E-state index contributed by atoms with van der Waals surface area (Å²) < 4.78 is 34.0. The van der Waals surface area contributed by atoms with Crippen LogP contribution in [0.3, 0.4) is 0 Å². The first-order chi connectivity index (χ1) is 12.9. The van der Waals surface area contributed by atoms with Crippen molar-refractivity contribution in [2.45, 2.75) is 25.3 Å². The fourth-order valence-electron chi connectivity index (χ4n) is 2.92. The molecule has 4 N–H and O–H groups in total. The number of hydrogen-bond acceptors (Lipinski definition) is 6. The summed E-state index contributed by atoms with van der Waals surface area (Å²) in [5.74, 6) is 1.43. The van der Waals surface area contributed by atoms with Crippen molar-refractivity contribution in [2.24, 2.45) is 10.7 Å². The number of carbonyl (C=O) groups excluding carboxylic acids is 1. The Morgan fingerprint density at radius 3 is 2.71 bits per heavy atom. The minimum absolute atomic E-state index is 0. The zero-order chi connectivity index (χ0) is 19.3. The predicted octanol–water partition coefficient (Wildman–Crippen LogP) is 0.886. The van der Waals surface area contributed by atoms with Gasteiger partial charge in [-0.05, 0) is 18.6 Å². The highest BCUT2D eigenvalue weighted by molar-refractivity contribution is 14.0. The number of hydrogen-bond donors (Lipinski definition) is 3. The van der Waals surface area contributed by atoms with E-state index in [-0.39, 0.29) is 66.4 Å². The third-order valence-electron chi connectivity index (χ3n) is 4.24. The number of amides is 1. The lowest BCUT2D eigenvalue weighted by Gasteiger charge is -2.11. The molecule has 1 unspecified atom stereocenters. The van der Waals surface area contributed by atoms with E-state index in [0.717, 1.165) is 6.42 Å². The van der Waals surface area contributed by atoms with Gasteiger partial charge in [0.05, 0.1) is 31.3 Å². The van der Waals surface area contributed by atoms with E-state index >= 15 is 0 Å². The molecule has 0 bridgehead atoms. The highest BCUT2D eigenvalue weighted by Crippen LogP contribution is 2.32. The van der Waals surface area contributed by atoms with Gasteiger partial charge in [0.15, 0.2) is 27.3 Å². The van der Waals surface area contributed by atoms with Gasteiger partial charge in [-0.3, -0.25) is 9.79 Å². The van der Waals surface area contributed by atoms with E-state index in [1.165, 1.54) is 0 Å². The van der Waals surface area contributed by atoms with E-state index in [4.69, 9.17) is 15.2 Å². The number of ether oxygens (including phenoxy) is 2. The summed E-state index contributed by atoms with van der Waals surface area (Å²) in [6, 6.07) is 5.10. The van der Waals surface area contributed by atoms with Crippen LogP contribution in [0.2, 0.25) is 0 Å². The zero-order valence-corrected chi connectivity index (χ0v) is 18.5. The van der Waals surface area contributed by atoms with Crippen LogP contribution in [-0.2, 0) is 14.6 Å². The van der Waals surface area contributed by atoms with E-state index in [1.54, 1.807) is 12.1 Å². The fourth-order valence-corrected chi connectivity index (χ4v) is 4.59. The minimum atomic E-state index is -3.01. The highest BCUT2D eigenvalue weighted by Gasteiger charge is 2.28. The Balaban J connectivity index is 0.00000280. The van der Waals surface area contributed by atoms with Gasteiger partial charge in [0.25, 0.3) is 0 Å². The molecule has 2 heterocycles. The van der Waals surface area contributed by atoms with E-state index in [2.05, 4.69) is 15.6 Å². The predicted molar refractivity (Wildman–Crippen MR) is 117 cm³/mol. The molecule has 1 amide bonds. The smallest absolute Gasteiger partial charge is 0.222 e. The number of sulfone groups is 1. The molecule has 1 saturated heterocycles. The molecule has 11 heteroatoms. The molecular weight excluding hydrogens is 499 g/mol.